The van der Waals surface area contributed by atoms with Crippen molar-refractivity contribution in [2.45, 2.75) is 20.3 Å². The van der Waals surface area contributed by atoms with Crippen LogP contribution in [0.4, 0.5) is 0 Å². The molecule has 0 saturated heterocycles. The molecule has 0 heterocycles. The molecule has 0 aromatic heterocycles. The minimum absolute atomic E-state index is 0.0134. The standard InChI is InChI=1S/C19H22N2O2/c1-14-8-9-15(2)17(12-14)10-11-20-18(22)13-21-19(23)16-6-4-3-5-7-16/h3-9,12H,10-11,13H2,1-2H3,(H,20,22)(H,21,23). The molecule has 4 nitrogen and oxygen atoms in total. The summed E-state index contributed by atoms with van der Waals surface area (Å²) < 4.78 is 0. The normalized spacial score (nSPS) is 10.2. The quantitative estimate of drug-likeness (QED) is 0.861. The third-order valence-corrected chi connectivity index (χ3v) is 3.67. The summed E-state index contributed by atoms with van der Waals surface area (Å²) in [6.45, 7) is 4.67. The minimum Gasteiger partial charge on any atom is -0.354 e. The van der Waals surface area contributed by atoms with E-state index in [1.807, 2.05) is 6.07 Å². The Morgan fingerprint density at radius 3 is 2.43 bits per heavy atom. The van der Waals surface area contributed by atoms with E-state index in [0.29, 0.717) is 12.1 Å². The maximum absolute atomic E-state index is 11.8. The molecular formula is C19H22N2O2. The lowest BCUT2D eigenvalue weighted by Crippen LogP contribution is -2.37. The highest BCUT2D eigenvalue weighted by Crippen LogP contribution is 2.10. The highest BCUT2D eigenvalue weighted by molar-refractivity contribution is 5.96. The van der Waals surface area contributed by atoms with Crippen molar-refractivity contribution in [3.63, 3.8) is 0 Å². The van der Waals surface area contributed by atoms with Gasteiger partial charge in [0.05, 0.1) is 6.54 Å². The van der Waals surface area contributed by atoms with Crippen molar-refractivity contribution in [2.24, 2.45) is 0 Å². The zero-order chi connectivity index (χ0) is 16.7. The first-order valence-electron chi connectivity index (χ1n) is 7.72. The molecule has 2 rings (SSSR count). The zero-order valence-corrected chi connectivity index (χ0v) is 13.6. The molecule has 2 aromatic rings. The van der Waals surface area contributed by atoms with Gasteiger partial charge in [0.1, 0.15) is 0 Å². The number of hydrogen-bond acceptors (Lipinski definition) is 2. The zero-order valence-electron chi connectivity index (χ0n) is 13.6. The van der Waals surface area contributed by atoms with Crippen LogP contribution in [0, 0.1) is 13.8 Å². The summed E-state index contributed by atoms with van der Waals surface area (Å²) in [6, 6.07) is 15.2. The molecule has 23 heavy (non-hydrogen) atoms. The van der Waals surface area contributed by atoms with Crippen LogP contribution < -0.4 is 10.6 Å². The van der Waals surface area contributed by atoms with Crippen LogP contribution in [0.25, 0.3) is 0 Å². The molecule has 0 bridgehead atoms. The van der Waals surface area contributed by atoms with Crippen LogP contribution in [0.3, 0.4) is 0 Å². The lowest BCUT2D eigenvalue weighted by molar-refractivity contribution is -0.120. The Morgan fingerprint density at radius 1 is 0.957 bits per heavy atom. The second-order valence-electron chi connectivity index (χ2n) is 5.58. The fraction of sp³-hybridized carbons (Fsp3) is 0.263. The lowest BCUT2D eigenvalue weighted by Gasteiger charge is -2.09. The number of aryl methyl sites for hydroxylation is 2. The Kier molecular flexibility index (Phi) is 5.92. The van der Waals surface area contributed by atoms with Gasteiger partial charge < -0.3 is 10.6 Å². The summed E-state index contributed by atoms with van der Waals surface area (Å²) in [5.74, 6) is -0.421. The van der Waals surface area contributed by atoms with E-state index in [1.165, 1.54) is 16.7 Å². The smallest absolute Gasteiger partial charge is 0.251 e. The SMILES string of the molecule is Cc1ccc(C)c(CCNC(=O)CNC(=O)c2ccccc2)c1. The van der Waals surface area contributed by atoms with Gasteiger partial charge >= 0.3 is 0 Å². The topological polar surface area (TPSA) is 58.2 Å². The average Bonchev–Trinajstić information content (AvgIpc) is 2.56. The molecule has 2 aromatic carbocycles. The first kappa shape index (κ1) is 16.7. The Hall–Kier alpha value is -2.62. The first-order valence-corrected chi connectivity index (χ1v) is 7.72. The number of hydrogen-bond donors (Lipinski definition) is 2. The summed E-state index contributed by atoms with van der Waals surface area (Å²) in [5.41, 5.74) is 4.23. The van der Waals surface area contributed by atoms with E-state index in [-0.39, 0.29) is 18.4 Å². The number of nitrogens with one attached hydrogen (secondary N) is 2. The van der Waals surface area contributed by atoms with Crippen LogP contribution >= 0.6 is 0 Å². The highest BCUT2D eigenvalue weighted by atomic mass is 16.2. The maximum atomic E-state index is 11.8. The molecule has 2 N–H and O–H groups in total. The molecule has 0 unspecified atom stereocenters. The third kappa shape index (κ3) is 5.25. The van der Waals surface area contributed by atoms with Crippen LogP contribution in [0.5, 0.6) is 0 Å². The Bertz CT molecular complexity index is 681. The molecule has 0 radical (unpaired) electrons. The summed E-state index contributed by atoms with van der Waals surface area (Å²) >= 11 is 0. The van der Waals surface area contributed by atoms with Gasteiger partial charge in [-0.3, -0.25) is 9.59 Å². The van der Waals surface area contributed by atoms with Crippen LogP contribution in [0.1, 0.15) is 27.0 Å². The van der Waals surface area contributed by atoms with Crippen molar-refractivity contribution in [3.05, 3.63) is 70.8 Å². The van der Waals surface area contributed by atoms with Gasteiger partial charge in [-0.05, 0) is 43.5 Å². The van der Waals surface area contributed by atoms with Gasteiger partial charge in [-0.15, -0.1) is 0 Å². The molecular weight excluding hydrogens is 288 g/mol. The van der Waals surface area contributed by atoms with E-state index in [4.69, 9.17) is 0 Å². The van der Waals surface area contributed by atoms with Gasteiger partial charge in [-0.1, -0.05) is 42.0 Å². The van der Waals surface area contributed by atoms with Gasteiger partial charge in [-0.25, -0.2) is 0 Å². The highest BCUT2D eigenvalue weighted by Gasteiger charge is 2.07. The maximum Gasteiger partial charge on any atom is 0.251 e. The third-order valence-electron chi connectivity index (χ3n) is 3.67. The minimum atomic E-state index is -0.240. The second-order valence-corrected chi connectivity index (χ2v) is 5.58. The van der Waals surface area contributed by atoms with Crippen molar-refractivity contribution in [2.75, 3.05) is 13.1 Å². The number of carbonyl (C=O) groups excluding carboxylic acids is 2. The number of benzene rings is 2. The number of amides is 2. The summed E-state index contributed by atoms with van der Waals surface area (Å²) in [4.78, 5) is 23.6. The largest absolute Gasteiger partial charge is 0.354 e. The van der Waals surface area contributed by atoms with Crippen molar-refractivity contribution in [3.8, 4) is 0 Å². The molecule has 0 spiro atoms. The molecule has 0 aliphatic rings. The van der Waals surface area contributed by atoms with E-state index in [0.717, 1.165) is 6.42 Å². The van der Waals surface area contributed by atoms with E-state index < -0.39 is 0 Å². The van der Waals surface area contributed by atoms with Gasteiger partial charge in [0.25, 0.3) is 5.91 Å². The van der Waals surface area contributed by atoms with Crippen molar-refractivity contribution >= 4 is 11.8 Å². The fourth-order valence-corrected chi connectivity index (χ4v) is 2.32. The molecule has 120 valence electrons. The Balaban J connectivity index is 1.73. The van der Waals surface area contributed by atoms with Crippen LogP contribution in [0.15, 0.2) is 48.5 Å². The molecule has 4 heteroatoms. The van der Waals surface area contributed by atoms with Gasteiger partial charge in [0.2, 0.25) is 5.91 Å². The van der Waals surface area contributed by atoms with E-state index in [2.05, 4.69) is 42.7 Å². The van der Waals surface area contributed by atoms with Crippen molar-refractivity contribution in [1.82, 2.24) is 10.6 Å². The van der Waals surface area contributed by atoms with E-state index in [9.17, 15) is 9.59 Å². The fourth-order valence-electron chi connectivity index (χ4n) is 2.32. The first-order chi connectivity index (χ1) is 11.1. The Morgan fingerprint density at radius 2 is 1.70 bits per heavy atom. The van der Waals surface area contributed by atoms with Gasteiger partial charge in [0, 0.05) is 12.1 Å². The molecule has 0 aliphatic carbocycles. The van der Waals surface area contributed by atoms with Crippen molar-refractivity contribution in [1.29, 1.82) is 0 Å². The summed E-state index contributed by atoms with van der Waals surface area (Å²) in [6.07, 6.45) is 0.784. The molecule has 0 atom stereocenters. The van der Waals surface area contributed by atoms with Crippen LogP contribution in [0.2, 0.25) is 0 Å². The van der Waals surface area contributed by atoms with Crippen LogP contribution in [-0.2, 0) is 11.2 Å². The van der Waals surface area contributed by atoms with Crippen LogP contribution in [-0.4, -0.2) is 24.9 Å². The monoisotopic (exact) mass is 310 g/mol. The summed E-state index contributed by atoms with van der Waals surface area (Å²) in [5, 5.41) is 5.45. The van der Waals surface area contributed by atoms with Crippen molar-refractivity contribution < 1.29 is 9.59 Å². The average molecular weight is 310 g/mol. The van der Waals surface area contributed by atoms with E-state index >= 15 is 0 Å². The van der Waals surface area contributed by atoms with Gasteiger partial charge in [0.15, 0.2) is 0 Å². The number of rotatable bonds is 6. The lowest BCUT2D eigenvalue weighted by atomic mass is 10.0. The predicted octanol–water partition coefficient (Wildman–Crippen LogP) is 2.39. The molecule has 2 amide bonds. The number of carbonyl (C=O) groups is 2. The Labute approximate surface area is 136 Å². The second kappa shape index (κ2) is 8.13. The molecule has 0 fully saturated rings. The molecule has 0 saturated carbocycles. The molecule has 0 aliphatic heterocycles. The van der Waals surface area contributed by atoms with E-state index in [1.54, 1.807) is 24.3 Å². The predicted molar refractivity (Wildman–Crippen MR) is 91.4 cm³/mol. The van der Waals surface area contributed by atoms with Gasteiger partial charge in [-0.2, -0.15) is 0 Å². The summed E-state index contributed by atoms with van der Waals surface area (Å²) in [7, 11) is 0.